The third-order valence-electron chi connectivity index (χ3n) is 6.02. The lowest BCUT2D eigenvalue weighted by Gasteiger charge is -2.25. The molecule has 1 saturated heterocycles. The predicted octanol–water partition coefficient (Wildman–Crippen LogP) is 4.20. The van der Waals surface area contributed by atoms with Crippen LogP contribution in [0.15, 0.2) is 36.5 Å². The van der Waals surface area contributed by atoms with Gasteiger partial charge in [0.25, 0.3) is 0 Å². The number of aryl methyl sites for hydroxylation is 4. The van der Waals surface area contributed by atoms with Crippen LogP contribution >= 0.6 is 0 Å². The second-order valence-corrected chi connectivity index (χ2v) is 7.81. The van der Waals surface area contributed by atoms with Gasteiger partial charge in [-0.1, -0.05) is 17.7 Å². The molecule has 2 bridgehead atoms. The number of pyridine rings is 1. The van der Waals surface area contributed by atoms with E-state index in [2.05, 4.69) is 51.7 Å². The summed E-state index contributed by atoms with van der Waals surface area (Å²) in [5.74, 6) is 0.732. The molecule has 3 heteroatoms. The summed E-state index contributed by atoms with van der Waals surface area (Å²) in [5.41, 5.74) is 8.42. The molecule has 2 unspecified atom stereocenters. The van der Waals surface area contributed by atoms with Gasteiger partial charge in [0.2, 0.25) is 0 Å². The predicted molar refractivity (Wildman–Crippen MR) is 102 cm³/mol. The standard InChI is InChI=1S/C22H25N3/c1-15-3-6-20-19(11-15)22-18-8-9-24(13-18)14-21(22)25(20)10-7-17-5-4-16(2)23-12-17/h3-6,11-12,18H,7-10,13-14H2,1-2H3. The Hall–Kier alpha value is -2.13. The van der Waals surface area contributed by atoms with Gasteiger partial charge >= 0.3 is 0 Å². The lowest BCUT2D eigenvalue weighted by atomic mass is 9.93. The smallest absolute Gasteiger partial charge is 0.0486 e. The molecule has 2 aromatic heterocycles. The topological polar surface area (TPSA) is 21.1 Å². The molecule has 0 spiro atoms. The van der Waals surface area contributed by atoms with Gasteiger partial charge in [0.05, 0.1) is 0 Å². The average molecular weight is 331 g/mol. The number of fused-ring (bicyclic) bond motifs is 6. The van der Waals surface area contributed by atoms with E-state index in [-0.39, 0.29) is 0 Å². The molecule has 5 rings (SSSR count). The molecule has 2 atom stereocenters. The minimum Gasteiger partial charge on any atom is -0.343 e. The van der Waals surface area contributed by atoms with Crippen molar-refractivity contribution in [2.45, 2.75) is 45.7 Å². The number of hydrogen-bond acceptors (Lipinski definition) is 2. The summed E-state index contributed by atoms with van der Waals surface area (Å²) in [6.07, 6.45) is 4.40. The van der Waals surface area contributed by atoms with Crippen molar-refractivity contribution in [1.82, 2.24) is 14.5 Å². The highest BCUT2D eigenvalue weighted by molar-refractivity contribution is 5.87. The zero-order valence-electron chi connectivity index (χ0n) is 15.1. The second kappa shape index (κ2) is 5.70. The van der Waals surface area contributed by atoms with Gasteiger partial charge in [0, 0.05) is 54.0 Å². The van der Waals surface area contributed by atoms with E-state index in [1.165, 1.54) is 41.5 Å². The molecule has 0 radical (unpaired) electrons. The van der Waals surface area contributed by atoms with Crippen LogP contribution in [0.3, 0.4) is 0 Å². The minimum absolute atomic E-state index is 0.732. The van der Waals surface area contributed by atoms with Gasteiger partial charge in [-0.15, -0.1) is 0 Å². The Morgan fingerprint density at radius 1 is 1.16 bits per heavy atom. The summed E-state index contributed by atoms with van der Waals surface area (Å²) in [4.78, 5) is 7.08. The summed E-state index contributed by atoms with van der Waals surface area (Å²) in [5, 5.41) is 1.50. The van der Waals surface area contributed by atoms with E-state index in [0.717, 1.165) is 31.1 Å². The second-order valence-electron chi connectivity index (χ2n) is 7.81. The molecule has 0 amide bonds. The van der Waals surface area contributed by atoms with Crippen molar-refractivity contribution in [3.8, 4) is 0 Å². The highest BCUT2D eigenvalue weighted by Crippen LogP contribution is 2.42. The van der Waals surface area contributed by atoms with Crippen molar-refractivity contribution < 1.29 is 0 Å². The van der Waals surface area contributed by atoms with Crippen LogP contribution in [0.2, 0.25) is 0 Å². The summed E-state index contributed by atoms with van der Waals surface area (Å²) in [6.45, 7) is 8.93. The molecule has 2 aliphatic rings. The number of rotatable bonds is 3. The van der Waals surface area contributed by atoms with Gasteiger partial charge in [-0.3, -0.25) is 9.88 Å². The Morgan fingerprint density at radius 3 is 2.92 bits per heavy atom. The lowest BCUT2D eigenvalue weighted by molar-refractivity contribution is 0.304. The summed E-state index contributed by atoms with van der Waals surface area (Å²) < 4.78 is 2.59. The normalized spacial score (nSPS) is 21.7. The molecule has 4 heterocycles. The van der Waals surface area contributed by atoms with Crippen LogP contribution in [-0.2, 0) is 19.5 Å². The first kappa shape index (κ1) is 15.2. The molecule has 1 fully saturated rings. The van der Waals surface area contributed by atoms with Gasteiger partial charge < -0.3 is 4.57 Å². The van der Waals surface area contributed by atoms with Crippen molar-refractivity contribution in [2.75, 3.05) is 13.1 Å². The van der Waals surface area contributed by atoms with Crippen LogP contribution in [0, 0.1) is 13.8 Å². The Labute approximate surface area is 149 Å². The van der Waals surface area contributed by atoms with E-state index in [9.17, 15) is 0 Å². The monoisotopic (exact) mass is 331 g/mol. The number of nitrogens with zero attached hydrogens (tertiary/aromatic N) is 3. The van der Waals surface area contributed by atoms with Crippen LogP contribution in [0.4, 0.5) is 0 Å². The molecule has 3 nitrogen and oxygen atoms in total. The fourth-order valence-electron chi connectivity index (χ4n) is 4.74. The van der Waals surface area contributed by atoms with Crippen LogP contribution in [-0.4, -0.2) is 27.5 Å². The van der Waals surface area contributed by atoms with Crippen molar-refractivity contribution in [3.05, 3.63) is 64.6 Å². The molecule has 1 aromatic carbocycles. The number of hydrogen-bond donors (Lipinski definition) is 0. The first-order valence-corrected chi connectivity index (χ1v) is 9.44. The minimum atomic E-state index is 0.732. The quantitative estimate of drug-likeness (QED) is 0.717. The summed E-state index contributed by atoms with van der Waals surface area (Å²) in [6, 6.07) is 11.3. The zero-order chi connectivity index (χ0) is 17.0. The highest BCUT2D eigenvalue weighted by atomic mass is 15.2. The molecule has 128 valence electrons. The van der Waals surface area contributed by atoms with Gasteiger partial charge in [-0.05, 0) is 62.6 Å². The SMILES string of the molecule is Cc1ccc2c(c1)c1c(n2CCc2ccc(C)nc2)CN2CCC1C2. The van der Waals surface area contributed by atoms with E-state index < -0.39 is 0 Å². The summed E-state index contributed by atoms with van der Waals surface area (Å²) >= 11 is 0. The average Bonchev–Trinajstić information content (AvgIpc) is 3.13. The largest absolute Gasteiger partial charge is 0.343 e. The maximum absolute atomic E-state index is 4.46. The molecule has 2 aliphatic heterocycles. The van der Waals surface area contributed by atoms with Gasteiger partial charge in [-0.2, -0.15) is 0 Å². The van der Waals surface area contributed by atoms with Crippen LogP contribution in [0.5, 0.6) is 0 Å². The van der Waals surface area contributed by atoms with Crippen molar-refractivity contribution in [2.24, 2.45) is 0 Å². The summed E-state index contributed by atoms with van der Waals surface area (Å²) in [7, 11) is 0. The Balaban J connectivity index is 1.58. The Kier molecular flexibility index (Phi) is 3.46. The van der Waals surface area contributed by atoms with Crippen LogP contribution in [0.25, 0.3) is 10.9 Å². The fraction of sp³-hybridized carbons (Fsp3) is 0.409. The van der Waals surface area contributed by atoms with Crippen molar-refractivity contribution >= 4 is 10.9 Å². The first-order valence-electron chi connectivity index (χ1n) is 9.44. The number of aromatic nitrogens is 2. The Bertz CT molecular complexity index is 936. The number of benzene rings is 1. The van der Waals surface area contributed by atoms with Crippen LogP contribution in [0.1, 0.15) is 40.4 Å². The molecule has 0 saturated carbocycles. The van der Waals surface area contributed by atoms with E-state index >= 15 is 0 Å². The van der Waals surface area contributed by atoms with Crippen molar-refractivity contribution in [3.63, 3.8) is 0 Å². The van der Waals surface area contributed by atoms with E-state index in [1.807, 2.05) is 13.1 Å². The lowest BCUT2D eigenvalue weighted by Crippen LogP contribution is -2.26. The molecule has 0 N–H and O–H groups in total. The van der Waals surface area contributed by atoms with E-state index in [4.69, 9.17) is 0 Å². The van der Waals surface area contributed by atoms with Gasteiger partial charge in [0.1, 0.15) is 0 Å². The van der Waals surface area contributed by atoms with Crippen molar-refractivity contribution in [1.29, 1.82) is 0 Å². The molecular formula is C22H25N3. The molecular weight excluding hydrogens is 306 g/mol. The van der Waals surface area contributed by atoms with E-state index in [1.54, 1.807) is 11.3 Å². The first-order chi connectivity index (χ1) is 12.2. The molecule has 0 aliphatic carbocycles. The van der Waals surface area contributed by atoms with E-state index in [0.29, 0.717) is 0 Å². The maximum atomic E-state index is 4.46. The Morgan fingerprint density at radius 2 is 2.08 bits per heavy atom. The van der Waals surface area contributed by atoms with Gasteiger partial charge in [0.15, 0.2) is 0 Å². The third kappa shape index (κ3) is 2.49. The third-order valence-corrected chi connectivity index (χ3v) is 6.02. The maximum Gasteiger partial charge on any atom is 0.0486 e. The van der Waals surface area contributed by atoms with Crippen LogP contribution < -0.4 is 0 Å². The van der Waals surface area contributed by atoms with Gasteiger partial charge in [-0.25, -0.2) is 0 Å². The molecule has 25 heavy (non-hydrogen) atoms. The zero-order valence-corrected chi connectivity index (χ0v) is 15.1. The highest BCUT2D eigenvalue weighted by Gasteiger charge is 2.35. The molecule has 3 aromatic rings. The fourth-order valence-corrected chi connectivity index (χ4v) is 4.74.